The van der Waals surface area contributed by atoms with Crippen LogP contribution in [0.15, 0.2) is 35.4 Å². The zero-order valence-electron chi connectivity index (χ0n) is 12.2. The maximum absolute atomic E-state index is 13.1. The third kappa shape index (κ3) is 2.22. The van der Waals surface area contributed by atoms with E-state index >= 15 is 0 Å². The second kappa shape index (κ2) is 5.31. The summed E-state index contributed by atoms with van der Waals surface area (Å²) in [7, 11) is -3.72. The molecule has 4 rings (SSSR count). The summed E-state index contributed by atoms with van der Waals surface area (Å²) in [4.78, 5) is 0.193. The summed E-state index contributed by atoms with van der Waals surface area (Å²) < 4.78 is 27.7. The highest BCUT2D eigenvalue weighted by molar-refractivity contribution is 7.89. The monoisotopic (exact) mass is 353 g/mol. The Hall–Kier alpha value is -1.41. The molecule has 3 atom stereocenters. The summed E-state index contributed by atoms with van der Waals surface area (Å²) in [5, 5.41) is 17.9. The summed E-state index contributed by atoms with van der Waals surface area (Å²) in [5.74, 6) is 0. The van der Waals surface area contributed by atoms with Crippen molar-refractivity contribution in [3.05, 3.63) is 46.7 Å². The molecule has 3 heterocycles. The highest BCUT2D eigenvalue weighted by Gasteiger charge is 2.49. The molecule has 23 heavy (non-hydrogen) atoms. The zero-order chi connectivity index (χ0) is 16.2. The summed E-state index contributed by atoms with van der Waals surface area (Å²) in [6, 6.07) is 5.38. The van der Waals surface area contributed by atoms with E-state index in [-0.39, 0.29) is 10.9 Å². The third-order valence-electron chi connectivity index (χ3n) is 4.72. The molecule has 2 bridgehead atoms. The van der Waals surface area contributed by atoms with Crippen molar-refractivity contribution in [2.45, 2.75) is 42.3 Å². The van der Waals surface area contributed by atoms with Gasteiger partial charge in [-0.25, -0.2) is 8.42 Å². The maximum atomic E-state index is 13.1. The van der Waals surface area contributed by atoms with Crippen LogP contribution in [-0.2, 0) is 10.0 Å². The Kier molecular flexibility index (Phi) is 3.49. The largest absolute Gasteiger partial charge is 0.385 e. The number of hydrogen-bond donors (Lipinski definition) is 2. The molecule has 1 fully saturated rings. The average Bonchev–Trinajstić information content (AvgIpc) is 3.02. The van der Waals surface area contributed by atoms with E-state index in [1.165, 1.54) is 16.4 Å². The molecule has 6 nitrogen and oxygen atoms in total. The second-order valence-corrected chi connectivity index (χ2v) is 8.27. The number of nitrogens with one attached hydrogen (secondary N) is 1. The van der Waals surface area contributed by atoms with Crippen LogP contribution < -0.4 is 0 Å². The number of aromatic amines is 1. The first kappa shape index (κ1) is 15.1. The van der Waals surface area contributed by atoms with Gasteiger partial charge in [-0.1, -0.05) is 11.6 Å². The Bertz CT molecular complexity index is 834. The van der Waals surface area contributed by atoms with E-state index in [0.29, 0.717) is 17.1 Å². The molecular weight excluding hydrogens is 338 g/mol. The number of piperidine rings is 1. The number of fused-ring (bicyclic) bond motifs is 4. The van der Waals surface area contributed by atoms with Crippen LogP contribution in [0.25, 0.3) is 0 Å². The van der Waals surface area contributed by atoms with Crippen LogP contribution in [0.3, 0.4) is 0 Å². The van der Waals surface area contributed by atoms with Crippen LogP contribution in [-0.4, -0.2) is 34.1 Å². The van der Waals surface area contributed by atoms with Gasteiger partial charge in [0.2, 0.25) is 10.0 Å². The van der Waals surface area contributed by atoms with Crippen molar-refractivity contribution in [1.29, 1.82) is 0 Å². The van der Waals surface area contributed by atoms with Gasteiger partial charge in [0.1, 0.15) is 6.10 Å². The number of rotatable bonds is 2. The van der Waals surface area contributed by atoms with Gasteiger partial charge in [0.05, 0.1) is 28.9 Å². The van der Waals surface area contributed by atoms with Crippen LogP contribution in [0, 0.1) is 0 Å². The number of sulfonamides is 1. The first-order chi connectivity index (χ1) is 11.0. The molecule has 2 N–H and O–H groups in total. The normalized spacial score (nSPS) is 27.7. The molecule has 122 valence electrons. The molecule has 8 heteroatoms. The number of nitrogens with zero attached hydrogens (tertiary/aromatic N) is 2. The minimum Gasteiger partial charge on any atom is -0.385 e. The molecule has 2 aliphatic heterocycles. The molecule has 3 unspecified atom stereocenters. The number of H-pyrrole nitrogens is 1. The fourth-order valence-electron chi connectivity index (χ4n) is 3.67. The van der Waals surface area contributed by atoms with E-state index in [2.05, 4.69) is 10.2 Å². The average molecular weight is 354 g/mol. The van der Waals surface area contributed by atoms with E-state index in [9.17, 15) is 13.5 Å². The molecule has 2 aromatic rings. The summed E-state index contributed by atoms with van der Waals surface area (Å²) in [5.41, 5.74) is 1.41. The van der Waals surface area contributed by atoms with Gasteiger partial charge in [0.25, 0.3) is 0 Å². The van der Waals surface area contributed by atoms with E-state index < -0.39 is 22.2 Å². The number of aliphatic hydroxyl groups excluding tert-OH is 1. The van der Waals surface area contributed by atoms with Crippen molar-refractivity contribution in [1.82, 2.24) is 14.5 Å². The lowest BCUT2D eigenvalue weighted by molar-refractivity contribution is 0.0244. The lowest BCUT2D eigenvalue weighted by Gasteiger charge is -2.46. The Morgan fingerprint density at radius 2 is 2.00 bits per heavy atom. The smallest absolute Gasteiger partial charge is 0.243 e. The summed E-state index contributed by atoms with van der Waals surface area (Å²) in [6.07, 6.45) is 2.97. The molecule has 0 radical (unpaired) electrons. The molecule has 1 aromatic carbocycles. The Morgan fingerprint density at radius 3 is 2.74 bits per heavy atom. The number of benzene rings is 1. The van der Waals surface area contributed by atoms with Crippen molar-refractivity contribution in [2.24, 2.45) is 0 Å². The van der Waals surface area contributed by atoms with Crippen molar-refractivity contribution >= 4 is 21.6 Å². The van der Waals surface area contributed by atoms with Crippen molar-refractivity contribution < 1.29 is 13.5 Å². The van der Waals surface area contributed by atoms with Crippen LogP contribution in [0.4, 0.5) is 0 Å². The van der Waals surface area contributed by atoms with Gasteiger partial charge >= 0.3 is 0 Å². The first-order valence-corrected chi connectivity index (χ1v) is 9.32. The number of halogens is 1. The lowest BCUT2D eigenvalue weighted by Crippen LogP contribution is -2.51. The van der Waals surface area contributed by atoms with E-state index in [4.69, 9.17) is 11.6 Å². The van der Waals surface area contributed by atoms with Crippen LogP contribution in [0.1, 0.15) is 42.7 Å². The van der Waals surface area contributed by atoms with Gasteiger partial charge in [-0.2, -0.15) is 9.40 Å². The Morgan fingerprint density at radius 1 is 1.26 bits per heavy atom. The van der Waals surface area contributed by atoms with Crippen LogP contribution >= 0.6 is 11.6 Å². The zero-order valence-corrected chi connectivity index (χ0v) is 13.8. The predicted octanol–water partition coefficient (Wildman–Crippen LogP) is 2.39. The number of hydrogen-bond acceptors (Lipinski definition) is 4. The van der Waals surface area contributed by atoms with Gasteiger partial charge in [-0.15, -0.1) is 0 Å². The topological polar surface area (TPSA) is 86.3 Å². The Balaban J connectivity index is 1.84. The van der Waals surface area contributed by atoms with Gasteiger partial charge in [-0.3, -0.25) is 5.10 Å². The van der Waals surface area contributed by atoms with Crippen molar-refractivity contribution in [2.75, 3.05) is 0 Å². The molecule has 0 aliphatic carbocycles. The molecular formula is C15H16ClN3O3S. The van der Waals surface area contributed by atoms with Crippen LogP contribution in [0.5, 0.6) is 0 Å². The number of aromatic nitrogens is 2. The Labute approximate surface area is 139 Å². The maximum Gasteiger partial charge on any atom is 0.243 e. The molecule has 0 amide bonds. The van der Waals surface area contributed by atoms with E-state index in [1.807, 2.05) is 0 Å². The van der Waals surface area contributed by atoms with Crippen LogP contribution in [0.2, 0.25) is 5.02 Å². The first-order valence-electron chi connectivity index (χ1n) is 7.50. The molecule has 1 aromatic heterocycles. The summed E-state index contributed by atoms with van der Waals surface area (Å²) >= 11 is 5.86. The van der Waals surface area contributed by atoms with Gasteiger partial charge in [0.15, 0.2) is 0 Å². The minimum atomic E-state index is -3.72. The SMILES string of the molecule is O=S(=O)(c1ccc(Cl)cc1)N1C2CCCC1C(O)c1[nH]ncc12. The fourth-order valence-corrected chi connectivity index (χ4v) is 5.65. The van der Waals surface area contributed by atoms with E-state index in [1.54, 1.807) is 18.3 Å². The standard InChI is InChI=1S/C15H16ClN3O3S/c16-9-4-6-10(7-5-9)23(21,22)19-12-2-1-3-13(19)15(20)14-11(12)8-17-18-14/h4-8,12-13,15,20H,1-3H2,(H,17,18). The van der Waals surface area contributed by atoms with E-state index in [0.717, 1.165) is 18.4 Å². The van der Waals surface area contributed by atoms with Gasteiger partial charge in [0, 0.05) is 10.6 Å². The fraction of sp³-hybridized carbons (Fsp3) is 0.400. The molecule has 0 saturated carbocycles. The predicted molar refractivity (Wildman–Crippen MR) is 84.4 cm³/mol. The van der Waals surface area contributed by atoms with Gasteiger partial charge in [-0.05, 0) is 43.5 Å². The molecule has 2 aliphatic rings. The highest BCUT2D eigenvalue weighted by atomic mass is 35.5. The van der Waals surface area contributed by atoms with Crippen molar-refractivity contribution in [3.8, 4) is 0 Å². The highest BCUT2D eigenvalue weighted by Crippen LogP contribution is 2.48. The summed E-state index contributed by atoms with van der Waals surface area (Å²) in [6.45, 7) is 0. The number of aliphatic hydroxyl groups is 1. The van der Waals surface area contributed by atoms with Gasteiger partial charge < -0.3 is 5.11 Å². The quantitative estimate of drug-likeness (QED) is 0.868. The lowest BCUT2D eigenvalue weighted by atomic mass is 9.84. The minimum absolute atomic E-state index is 0.193. The molecule has 0 spiro atoms. The second-order valence-electron chi connectivity index (χ2n) is 5.99. The third-order valence-corrected chi connectivity index (χ3v) is 6.92. The molecule has 1 saturated heterocycles. The van der Waals surface area contributed by atoms with Crippen molar-refractivity contribution in [3.63, 3.8) is 0 Å².